The number of anilines is 1. The van der Waals surface area contributed by atoms with Gasteiger partial charge in [-0.3, -0.25) is 0 Å². The Morgan fingerprint density at radius 1 is 1.33 bits per heavy atom. The summed E-state index contributed by atoms with van der Waals surface area (Å²) < 4.78 is 5.26. The quantitative estimate of drug-likeness (QED) is 0.799. The van der Waals surface area contributed by atoms with Gasteiger partial charge in [0.2, 0.25) is 11.8 Å². The minimum atomic E-state index is 0.281. The Morgan fingerprint density at radius 2 is 2.17 bits per heavy atom. The summed E-state index contributed by atoms with van der Waals surface area (Å²) in [5.41, 5.74) is 0. The van der Waals surface area contributed by atoms with Gasteiger partial charge in [0.1, 0.15) is 0 Å². The Bertz CT molecular complexity index is 512. The number of aryl methyl sites for hydroxylation is 1. The average Bonchev–Trinajstić information content (AvgIpc) is 2.87. The summed E-state index contributed by atoms with van der Waals surface area (Å²) in [6, 6.07) is 1.83. The maximum atomic E-state index is 5.26. The van der Waals surface area contributed by atoms with Gasteiger partial charge in [-0.25, -0.2) is 9.97 Å². The summed E-state index contributed by atoms with van der Waals surface area (Å²) in [4.78, 5) is 15.1. The van der Waals surface area contributed by atoms with Crippen molar-refractivity contribution in [2.24, 2.45) is 0 Å². The molecular formula is C12H15N5O. The van der Waals surface area contributed by atoms with Crippen LogP contribution in [-0.4, -0.2) is 33.2 Å². The van der Waals surface area contributed by atoms with Crippen LogP contribution in [0.4, 0.5) is 5.95 Å². The normalized spacial score (nSPS) is 20.1. The third-order valence-electron chi connectivity index (χ3n) is 3.15. The van der Waals surface area contributed by atoms with Crippen LogP contribution in [0, 0.1) is 6.92 Å². The Labute approximate surface area is 105 Å². The summed E-state index contributed by atoms with van der Waals surface area (Å²) in [5.74, 6) is 2.48. The number of nitrogens with zero attached hydrogens (tertiary/aromatic N) is 5. The first-order valence-corrected chi connectivity index (χ1v) is 6.15. The molecule has 1 aliphatic heterocycles. The third kappa shape index (κ3) is 2.18. The molecule has 0 amide bonds. The molecule has 0 radical (unpaired) electrons. The van der Waals surface area contributed by atoms with Gasteiger partial charge in [0.25, 0.3) is 0 Å². The standard InChI is InChI=1S/C12H15N5O/c1-9-15-11(18-16-9)10-4-2-7-17(8-10)12-13-5-3-6-14-12/h3,5-6,10H,2,4,7-8H2,1H3. The molecule has 0 aromatic carbocycles. The van der Waals surface area contributed by atoms with Crippen LogP contribution in [-0.2, 0) is 0 Å². The second-order valence-electron chi connectivity index (χ2n) is 4.51. The molecule has 94 valence electrons. The van der Waals surface area contributed by atoms with E-state index < -0.39 is 0 Å². The van der Waals surface area contributed by atoms with E-state index in [9.17, 15) is 0 Å². The topological polar surface area (TPSA) is 67.9 Å². The first-order valence-electron chi connectivity index (χ1n) is 6.15. The fraction of sp³-hybridized carbons (Fsp3) is 0.500. The summed E-state index contributed by atoms with van der Waals surface area (Å²) in [5, 5.41) is 3.85. The van der Waals surface area contributed by atoms with Crippen LogP contribution < -0.4 is 4.90 Å². The zero-order valence-electron chi connectivity index (χ0n) is 10.3. The van der Waals surface area contributed by atoms with Crippen molar-refractivity contribution < 1.29 is 4.52 Å². The maximum absolute atomic E-state index is 5.26. The van der Waals surface area contributed by atoms with Crippen molar-refractivity contribution in [1.82, 2.24) is 20.1 Å². The highest BCUT2D eigenvalue weighted by molar-refractivity contribution is 5.30. The molecule has 1 saturated heterocycles. The van der Waals surface area contributed by atoms with Crippen molar-refractivity contribution in [2.45, 2.75) is 25.7 Å². The Kier molecular flexibility index (Phi) is 2.92. The van der Waals surface area contributed by atoms with E-state index in [1.807, 2.05) is 13.0 Å². The number of hydrogen-bond donors (Lipinski definition) is 0. The monoisotopic (exact) mass is 245 g/mol. The van der Waals surface area contributed by atoms with Gasteiger partial charge in [-0.05, 0) is 25.8 Å². The first kappa shape index (κ1) is 11.1. The van der Waals surface area contributed by atoms with E-state index >= 15 is 0 Å². The van der Waals surface area contributed by atoms with Crippen LogP contribution in [0.3, 0.4) is 0 Å². The molecule has 0 aliphatic carbocycles. The molecule has 1 atom stereocenters. The molecule has 1 unspecified atom stereocenters. The van der Waals surface area contributed by atoms with Gasteiger partial charge in [0.15, 0.2) is 5.82 Å². The van der Waals surface area contributed by atoms with Crippen molar-refractivity contribution in [3.63, 3.8) is 0 Å². The SMILES string of the molecule is Cc1noc(C2CCCN(c3ncccn3)C2)n1. The van der Waals surface area contributed by atoms with Crippen molar-refractivity contribution >= 4 is 5.95 Å². The van der Waals surface area contributed by atoms with Crippen LogP contribution in [0.2, 0.25) is 0 Å². The summed E-state index contributed by atoms with van der Waals surface area (Å²) in [7, 11) is 0. The second kappa shape index (κ2) is 4.72. The molecule has 3 rings (SSSR count). The van der Waals surface area contributed by atoms with Crippen molar-refractivity contribution in [2.75, 3.05) is 18.0 Å². The lowest BCUT2D eigenvalue weighted by Gasteiger charge is -2.30. The number of piperidine rings is 1. The third-order valence-corrected chi connectivity index (χ3v) is 3.15. The minimum Gasteiger partial charge on any atom is -0.340 e. The lowest BCUT2D eigenvalue weighted by atomic mass is 9.98. The molecule has 18 heavy (non-hydrogen) atoms. The lowest BCUT2D eigenvalue weighted by Crippen LogP contribution is -2.35. The molecule has 2 aromatic rings. The molecule has 0 N–H and O–H groups in total. The lowest BCUT2D eigenvalue weighted by molar-refractivity contribution is 0.330. The smallest absolute Gasteiger partial charge is 0.231 e. The molecule has 3 heterocycles. The summed E-state index contributed by atoms with van der Waals surface area (Å²) >= 11 is 0. The average molecular weight is 245 g/mol. The Balaban J connectivity index is 1.76. The minimum absolute atomic E-state index is 0.281. The molecule has 0 spiro atoms. The predicted octanol–water partition coefficient (Wildman–Crippen LogP) is 1.55. The highest BCUT2D eigenvalue weighted by Gasteiger charge is 2.26. The highest BCUT2D eigenvalue weighted by Crippen LogP contribution is 2.27. The fourth-order valence-corrected chi connectivity index (χ4v) is 2.29. The molecule has 6 heteroatoms. The highest BCUT2D eigenvalue weighted by atomic mass is 16.5. The second-order valence-corrected chi connectivity index (χ2v) is 4.51. The molecule has 1 aliphatic rings. The molecule has 0 saturated carbocycles. The van der Waals surface area contributed by atoms with Gasteiger partial charge in [-0.2, -0.15) is 4.98 Å². The molecule has 0 bridgehead atoms. The number of aromatic nitrogens is 4. The van der Waals surface area contributed by atoms with Crippen LogP contribution in [0.1, 0.15) is 30.5 Å². The van der Waals surface area contributed by atoms with E-state index in [-0.39, 0.29) is 5.92 Å². The van der Waals surface area contributed by atoms with Crippen molar-refractivity contribution in [3.05, 3.63) is 30.2 Å². The fourth-order valence-electron chi connectivity index (χ4n) is 2.29. The van der Waals surface area contributed by atoms with E-state index in [2.05, 4.69) is 25.0 Å². The predicted molar refractivity (Wildman–Crippen MR) is 65.3 cm³/mol. The molecule has 2 aromatic heterocycles. The van der Waals surface area contributed by atoms with Gasteiger partial charge in [-0.15, -0.1) is 0 Å². The zero-order valence-corrected chi connectivity index (χ0v) is 10.3. The van der Waals surface area contributed by atoms with Crippen molar-refractivity contribution in [3.8, 4) is 0 Å². The van der Waals surface area contributed by atoms with Gasteiger partial charge >= 0.3 is 0 Å². The van der Waals surface area contributed by atoms with Crippen LogP contribution in [0.15, 0.2) is 23.0 Å². The molecule has 6 nitrogen and oxygen atoms in total. The Hall–Kier alpha value is -1.98. The van der Waals surface area contributed by atoms with Crippen LogP contribution in [0.5, 0.6) is 0 Å². The van der Waals surface area contributed by atoms with Crippen molar-refractivity contribution in [1.29, 1.82) is 0 Å². The van der Waals surface area contributed by atoms with Gasteiger partial charge in [0.05, 0.1) is 5.92 Å². The first-order chi connectivity index (χ1) is 8.83. The largest absolute Gasteiger partial charge is 0.340 e. The van der Waals surface area contributed by atoms with Gasteiger partial charge < -0.3 is 9.42 Å². The summed E-state index contributed by atoms with van der Waals surface area (Å²) in [6.07, 6.45) is 5.70. The molecule has 1 fully saturated rings. The summed E-state index contributed by atoms with van der Waals surface area (Å²) in [6.45, 7) is 3.66. The van der Waals surface area contributed by atoms with E-state index in [1.54, 1.807) is 12.4 Å². The number of hydrogen-bond acceptors (Lipinski definition) is 6. The van der Waals surface area contributed by atoms with Crippen LogP contribution in [0.25, 0.3) is 0 Å². The maximum Gasteiger partial charge on any atom is 0.231 e. The van der Waals surface area contributed by atoms with E-state index in [1.165, 1.54) is 0 Å². The van der Waals surface area contributed by atoms with E-state index in [4.69, 9.17) is 4.52 Å². The zero-order chi connectivity index (χ0) is 12.4. The molecular weight excluding hydrogens is 230 g/mol. The van der Waals surface area contributed by atoms with E-state index in [0.717, 1.165) is 37.8 Å². The van der Waals surface area contributed by atoms with Crippen LogP contribution >= 0.6 is 0 Å². The van der Waals surface area contributed by atoms with Gasteiger partial charge in [-0.1, -0.05) is 5.16 Å². The van der Waals surface area contributed by atoms with Gasteiger partial charge in [0, 0.05) is 25.5 Å². The van der Waals surface area contributed by atoms with E-state index in [0.29, 0.717) is 5.82 Å². The Morgan fingerprint density at radius 3 is 2.89 bits per heavy atom. The number of rotatable bonds is 2.